The van der Waals surface area contributed by atoms with Crippen LogP contribution in [0.5, 0.6) is 0 Å². The number of thiophene rings is 1. The third-order valence-corrected chi connectivity index (χ3v) is 4.28. The molecule has 3 aromatic rings. The Morgan fingerprint density at radius 3 is 2.87 bits per heavy atom. The molecule has 2 aromatic heterocycles. The van der Waals surface area contributed by atoms with E-state index in [0.29, 0.717) is 10.6 Å². The summed E-state index contributed by atoms with van der Waals surface area (Å²) in [6.07, 6.45) is 3.21. The second kappa shape index (κ2) is 6.76. The molecule has 0 aliphatic heterocycles. The highest BCUT2D eigenvalue weighted by atomic mass is 35.5. The summed E-state index contributed by atoms with van der Waals surface area (Å²) in [5, 5.41) is 13.4. The van der Waals surface area contributed by atoms with Crippen molar-refractivity contribution in [1.82, 2.24) is 15.6 Å². The number of H-pyrrole nitrogens is 1. The van der Waals surface area contributed by atoms with Gasteiger partial charge in [0.2, 0.25) is 0 Å². The number of carbonyl (C=O) groups excluding carboxylic acids is 1. The van der Waals surface area contributed by atoms with Gasteiger partial charge in [0.1, 0.15) is 0 Å². The van der Waals surface area contributed by atoms with Gasteiger partial charge in [-0.3, -0.25) is 9.89 Å². The van der Waals surface area contributed by atoms with E-state index in [1.54, 1.807) is 29.9 Å². The first kappa shape index (κ1) is 15.5. The molecule has 0 bridgehead atoms. The van der Waals surface area contributed by atoms with Crippen LogP contribution in [0.25, 0.3) is 11.3 Å². The molecule has 23 heavy (non-hydrogen) atoms. The zero-order valence-electron chi connectivity index (χ0n) is 12.2. The van der Waals surface area contributed by atoms with E-state index in [-0.39, 0.29) is 5.91 Å². The highest BCUT2D eigenvalue weighted by Crippen LogP contribution is 2.21. The van der Waals surface area contributed by atoms with Crippen molar-refractivity contribution in [3.63, 3.8) is 0 Å². The molecule has 3 rings (SSSR count). The minimum absolute atomic E-state index is 0.234. The Morgan fingerprint density at radius 2 is 2.17 bits per heavy atom. The zero-order chi connectivity index (χ0) is 16.2. The van der Waals surface area contributed by atoms with Gasteiger partial charge in [0.05, 0.1) is 23.7 Å². The molecule has 7 heteroatoms. The molecule has 0 unspecified atom stereocenters. The Hall–Kier alpha value is -2.44. The lowest BCUT2D eigenvalue weighted by molar-refractivity contribution is 0.0955. The van der Waals surface area contributed by atoms with Crippen LogP contribution in [0.15, 0.2) is 47.0 Å². The van der Waals surface area contributed by atoms with E-state index in [2.05, 4.69) is 20.7 Å². The molecule has 116 valence electrons. The van der Waals surface area contributed by atoms with E-state index < -0.39 is 0 Å². The lowest BCUT2D eigenvalue weighted by Gasteiger charge is -2.00. The highest BCUT2D eigenvalue weighted by molar-refractivity contribution is 7.10. The first-order valence-corrected chi connectivity index (χ1v) is 8.07. The lowest BCUT2D eigenvalue weighted by Crippen LogP contribution is -2.16. The molecule has 0 spiro atoms. The first-order chi connectivity index (χ1) is 11.1. The maximum atomic E-state index is 11.9. The van der Waals surface area contributed by atoms with Gasteiger partial charge in [0.25, 0.3) is 5.91 Å². The van der Waals surface area contributed by atoms with Gasteiger partial charge in [-0.2, -0.15) is 10.2 Å². The number of nitrogens with one attached hydrogen (secondary N) is 2. The zero-order valence-corrected chi connectivity index (χ0v) is 13.8. The van der Waals surface area contributed by atoms with E-state index in [0.717, 1.165) is 21.7 Å². The van der Waals surface area contributed by atoms with Crippen LogP contribution in [0.2, 0.25) is 5.02 Å². The average molecular weight is 345 g/mol. The van der Waals surface area contributed by atoms with Crippen molar-refractivity contribution in [2.24, 2.45) is 5.10 Å². The fourth-order valence-electron chi connectivity index (χ4n) is 2.03. The first-order valence-electron chi connectivity index (χ1n) is 6.81. The number of hydrogen-bond donors (Lipinski definition) is 2. The smallest absolute Gasteiger partial charge is 0.272 e. The molecule has 0 radical (unpaired) electrons. The molecule has 0 aliphatic carbocycles. The predicted octanol–water partition coefficient (Wildman–Crippen LogP) is 3.86. The van der Waals surface area contributed by atoms with Crippen LogP contribution in [0.3, 0.4) is 0 Å². The van der Waals surface area contributed by atoms with Crippen LogP contribution >= 0.6 is 22.9 Å². The van der Waals surface area contributed by atoms with Crippen LogP contribution < -0.4 is 5.43 Å². The summed E-state index contributed by atoms with van der Waals surface area (Å²) in [5.41, 5.74) is 5.64. The molecule has 0 atom stereocenters. The molecule has 0 fully saturated rings. The number of carbonyl (C=O) groups is 1. The number of aromatic amines is 1. The minimum atomic E-state index is -0.234. The third kappa shape index (κ3) is 3.67. The average Bonchev–Trinajstić information content (AvgIpc) is 3.17. The van der Waals surface area contributed by atoms with Gasteiger partial charge in [-0.15, -0.1) is 11.3 Å². The summed E-state index contributed by atoms with van der Waals surface area (Å²) in [7, 11) is 0. The Bertz CT molecular complexity index is 851. The Kier molecular flexibility index (Phi) is 4.55. The van der Waals surface area contributed by atoms with E-state index in [1.165, 1.54) is 11.3 Å². The van der Waals surface area contributed by atoms with E-state index in [4.69, 9.17) is 11.6 Å². The maximum absolute atomic E-state index is 11.9. The van der Waals surface area contributed by atoms with Crippen molar-refractivity contribution < 1.29 is 4.79 Å². The summed E-state index contributed by atoms with van der Waals surface area (Å²) in [6.45, 7) is 1.95. The van der Waals surface area contributed by atoms with Crippen molar-refractivity contribution in [2.75, 3.05) is 0 Å². The van der Waals surface area contributed by atoms with Gasteiger partial charge < -0.3 is 0 Å². The summed E-state index contributed by atoms with van der Waals surface area (Å²) in [4.78, 5) is 13.0. The fourth-order valence-corrected chi connectivity index (χ4v) is 2.84. The Morgan fingerprint density at radius 1 is 1.39 bits per heavy atom. The summed E-state index contributed by atoms with van der Waals surface area (Å²) in [6, 6.07) is 9.21. The summed E-state index contributed by atoms with van der Waals surface area (Å²) in [5.74, 6) is -0.234. The monoisotopic (exact) mass is 344 g/mol. The third-order valence-electron chi connectivity index (χ3n) is 3.16. The number of amides is 1. The van der Waals surface area contributed by atoms with Gasteiger partial charge in [0.15, 0.2) is 0 Å². The molecular weight excluding hydrogens is 332 g/mol. The SMILES string of the molecule is Cc1cc(C(=O)NN=Cc2cn[nH]c2-c2ccc(Cl)cc2)cs1. The number of benzene rings is 1. The number of rotatable bonds is 4. The lowest BCUT2D eigenvalue weighted by atomic mass is 10.1. The maximum Gasteiger partial charge on any atom is 0.272 e. The van der Waals surface area contributed by atoms with Gasteiger partial charge in [-0.25, -0.2) is 5.43 Å². The topological polar surface area (TPSA) is 70.1 Å². The van der Waals surface area contributed by atoms with Gasteiger partial charge >= 0.3 is 0 Å². The predicted molar refractivity (Wildman–Crippen MR) is 93.1 cm³/mol. The van der Waals surface area contributed by atoms with Crippen molar-refractivity contribution in [3.05, 3.63) is 62.9 Å². The summed E-state index contributed by atoms with van der Waals surface area (Å²) < 4.78 is 0. The fraction of sp³-hybridized carbons (Fsp3) is 0.0625. The molecule has 2 N–H and O–H groups in total. The molecular formula is C16H13ClN4OS. The number of hydrogen-bond acceptors (Lipinski definition) is 4. The molecule has 2 heterocycles. The second-order valence-corrected chi connectivity index (χ2v) is 6.40. The highest BCUT2D eigenvalue weighted by Gasteiger charge is 2.07. The number of hydrazone groups is 1. The second-order valence-electron chi connectivity index (χ2n) is 4.85. The van der Waals surface area contributed by atoms with Crippen molar-refractivity contribution >= 4 is 35.1 Å². The molecule has 1 amide bonds. The normalized spacial score (nSPS) is 11.0. The van der Waals surface area contributed by atoms with E-state index >= 15 is 0 Å². The number of aryl methyl sites for hydroxylation is 1. The number of halogens is 1. The van der Waals surface area contributed by atoms with Gasteiger partial charge in [0, 0.05) is 26.4 Å². The van der Waals surface area contributed by atoms with Crippen molar-refractivity contribution in [3.8, 4) is 11.3 Å². The quantitative estimate of drug-likeness (QED) is 0.557. The molecule has 0 saturated carbocycles. The van der Waals surface area contributed by atoms with Gasteiger partial charge in [-0.1, -0.05) is 23.7 Å². The van der Waals surface area contributed by atoms with Crippen LogP contribution in [-0.2, 0) is 0 Å². The van der Waals surface area contributed by atoms with Crippen molar-refractivity contribution in [1.29, 1.82) is 0 Å². The standard InChI is InChI=1S/C16H13ClN4OS/c1-10-6-12(9-23-10)16(22)21-19-8-13-7-18-20-15(13)11-2-4-14(17)5-3-11/h2-9H,1H3,(H,18,20)(H,21,22). The van der Waals surface area contributed by atoms with Gasteiger partial charge in [-0.05, 0) is 25.1 Å². The van der Waals surface area contributed by atoms with Crippen molar-refractivity contribution in [2.45, 2.75) is 6.92 Å². The van der Waals surface area contributed by atoms with E-state index in [9.17, 15) is 4.79 Å². The summed E-state index contributed by atoms with van der Waals surface area (Å²) >= 11 is 7.42. The molecule has 1 aromatic carbocycles. The van der Waals surface area contributed by atoms with Crippen LogP contribution in [0, 0.1) is 6.92 Å². The molecule has 5 nitrogen and oxygen atoms in total. The van der Waals surface area contributed by atoms with Crippen LogP contribution in [-0.4, -0.2) is 22.3 Å². The largest absolute Gasteiger partial charge is 0.277 e. The Balaban J connectivity index is 1.72. The number of nitrogens with zero attached hydrogens (tertiary/aromatic N) is 2. The van der Waals surface area contributed by atoms with Crippen LogP contribution in [0.4, 0.5) is 0 Å². The minimum Gasteiger partial charge on any atom is -0.277 e. The Labute approximate surface area is 142 Å². The van der Waals surface area contributed by atoms with E-state index in [1.807, 2.05) is 25.1 Å². The molecule has 0 aliphatic rings. The molecule has 0 saturated heterocycles. The number of aromatic nitrogens is 2. The van der Waals surface area contributed by atoms with Crippen LogP contribution in [0.1, 0.15) is 20.8 Å².